The average Bonchev–Trinajstić information content (AvgIpc) is 2.33. The molecule has 1 rings (SSSR count). The van der Waals surface area contributed by atoms with Crippen molar-refractivity contribution in [1.82, 2.24) is 0 Å². The molecule has 10 heavy (non-hydrogen) atoms. The molecule has 0 aromatic carbocycles. The molecule has 0 saturated heterocycles. The predicted octanol–water partition coefficient (Wildman–Crippen LogP) is 2.63. The van der Waals surface area contributed by atoms with Crippen LogP contribution in [0, 0.1) is 0 Å². The zero-order chi connectivity index (χ0) is 7.45. The summed E-state index contributed by atoms with van der Waals surface area (Å²) in [6, 6.07) is 0. The third kappa shape index (κ3) is 1.55. The third-order valence-corrected chi connectivity index (χ3v) is 1.28. The first-order valence-electron chi connectivity index (χ1n) is 3.30. The molecule has 0 aromatic rings. The van der Waals surface area contributed by atoms with Gasteiger partial charge >= 0.3 is 5.92 Å². The molecule has 0 aliphatic carbocycles. The fourth-order valence-corrected chi connectivity index (χ4v) is 0.699. The van der Waals surface area contributed by atoms with E-state index in [1.807, 2.05) is 6.92 Å². The molecule has 0 aromatic heterocycles. The minimum atomic E-state index is -1.84. The Bertz CT molecular complexity index is 153. The summed E-state index contributed by atoms with van der Waals surface area (Å²) in [4.78, 5) is 0. The topological polar surface area (TPSA) is 49.4 Å². The zero-order valence-electron chi connectivity index (χ0n) is 5.79. The number of halogens is 1. The first-order chi connectivity index (χ1) is 4.77. The number of unbranched alkanes of at least 4 members (excludes halogenated alkanes) is 1. The van der Waals surface area contributed by atoms with Gasteiger partial charge in [-0.1, -0.05) is 13.3 Å². The van der Waals surface area contributed by atoms with Crippen molar-refractivity contribution in [3.63, 3.8) is 0 Å². The van der Waals surface area contributed by atoms with E-state index < -0.39 is 5.92 Å². The highest BCUT2D eigenvalue weighted by molar-refractivity contribution is 4.71. The normalized spacial score (nSPS) is 20.2. The Morgan fingerprint density at radius 1 is 1.30 bits per heavy atom. The Hall–Kier alpha value is -0.870. The van der Waals surface area contributed by atoms with Gasteiger partial charge in [0.1, 0.15) is 0 Å². The average molecular weight is 144 g/mol. The maximum absolute atomic E-state index is 13.0. The van der Waals surface area contributed by atoms with Crippen LogP contribution in [0.4, 0.5) is 4.39 Å². The van der Waals surface area contributed by atoms with E-state index in [0.29, 0.717) is 0 Å². The van der Waals surface area contributed by atoms with E-state index >= 15 is 0 Å². The van der Waals surface area contributed by atoms with E-state index in [9.17, 15) is 4.39 Å². The molecule has 0 spiro atoms. The second-order valence-electron chi connectivity index (χ2n) is 2.20. The number of nitrogens with zero attached hydrogens (tertiary/aromatic N) is 4. The van der Waals surface area contributed by atoms with Crippen LogP contribution in [0.2, 0.25) is 0 Å². The van der Waals surface area contributed by atoms with Gasteiger partial charge in [0.05, 0.1) is 0 Å². The summed E-state index contributed by atoms with van der Waals surface area (Å²) in [6.45, 7) is 1.98. The lowest BCUT2D eigenvalue weighted by atomic mass is 10.2. The quantitative estimate of drug-likeness (QED) is 0.547. The van der Waals surface area contributed by atoms with E-state index in [-0.39, 0.29) is 6.42 Å². The molecule has 0 fully saturated rings. The molecule has 0 unspecified atom stereocenters. The lowest BCUT2D eigenvalue weighted by molar-refractivity contribution is 0.166. The summed E-state index contributed by atoms with van der Waals surface area (Å²) in [5.74, 6) is -1.84. The van der Waals surface area contributed by atoms with Crippen molar-refractivity contribution in [1.29, 1.82) is 0 Å². The fourth-order valence-electron chi connectivity index (χ4n) is 0.699. The van der Waals surface area contributed by atoms with E-state index in [0.717, 1.165) is 12.8 Å². The van der Waals surface area contributed by atoms with Crippen molar-refractivity contribution in [3.8, 4) is 0 Å². The summed E-state index contributed by atoms with van der Waals surface area (Å²) in [6.07, 6.45) is 1.97. The highest BCUT2D eigenvalue weighted by Crippen LogP contribution is 2.27. The van der Waals surface area contributed by atoms with Gasteiger partial charge in [0.25, 0.3) is 0 Å². The molecule has 0 atom stereocenters. The van der Waals surface area contributed by atoms with E-state index in [1.54, 1.807) is 0 Å². The Morgan fingerprint density at radius 3 is 2.40 bits per heavy atom. The summed E-state index contributed by atoms with van der Waals surface area (Å²) in [5, 5.41) is 12.7. The van der Waals surface area contributed by atoms with Crippen molar-refractivity contribution in [2.75, 3.05) is 0 Å². The van der Waals surface area contributed by atoms with Gasteiger partial charge in [0.2, 0.25) is 0 Å². The van der Waals surface area contributed by atoms with Gasteiger partial charge < -0.3 is 0 Å². The SMILES string of the molecule is CCCCC1(F)N=NN=N1. The van der Waals surface area contributed by atoms with Crippen LogP contribution >= 0.6 is 0 Å². The molecule has 0 saturated carbocycles. The molecule has 1 aliphatic heterocycles. The third-order valence-electron chi connectivity index (χ3n) is 1.28. The molecule has 1 aliphatic rings. The van der Waals surface area contributed by atoms with Gasteiger partial charge in [-0.2, -0.15) is 4.39 Å². The van der Waals surface area contributed by atoms with Crippen molar-refractivity contribution < 1.29 is 4.39 Å². The fraction of sp³-hybridized carbons (Fsp3) is 1.00. The Morgan fingerprint density at radius 2 is 1.90 bits per heavy atom. The Labute approximate surface area is 58.2 Å². The lowest BCUT2D eigenvalue weighted by Crippen LogP contribution is -2.12. The lowest BCUT2D eigenvalue weighted by Gasteiger charge is -2.06. The molecule has 0 amide bonds. The van der Waals surface area contributed by atoms with Gasteiger partial charge in [-0.05, 0) is 16.9 Å². The molecule has 0 radical (unpaired) electrons. The van der Waals surface area contributed by atoms with Gasteiger partial charge in [0, 0.05) is 6.42 Å². The number of hydrogen-bond acceptors (Lipinski definition) is 4. The largest absolute Gasteiger partial charge is 0.332 e. The maximum Gasteiger partial charge on any atom is 0.332 e. The second-order valence-corrected chi connectivity index (χ2v) is 2.20. The van der Waals surface area contributed by atoms with Crippen LogP contribution in [0.1, 0.15) is 26.2 Å². The van der Waals surface area contributed by atoms with Crippen molar-refractivity contribution in [2.45, 2.75) is 32.1 Å². The van der Waals surface area contributed by atoms with Gasteiger partial charge in [-0.25, -0.2) is 0 Å². The van der Waals surface area contributed by atoms with E-state index in [4.69, 9.17) is 0 Å². The molecular formula is C5H9FN4. The number of hydrogen-bond donors (Lipinski definition) is 0. The first-order valence-corrected chi connectivity index (χ1v) is 3.30. The van der Waals surface area contributed by atoms with Crippen molar-refractivity contribution >= 4 is 0 Å². The Kier molecular flexibility index (Phi) is 2.03. The van der Waals surface area contributed by atoms with Crippen LogP contribution in [-0.4, -0.2) is 5.92 Å². The molecule has 5 heteroatoms. The molecule has 56 valence electrons. The van der Waals surface area contributed by atoms with E-state index in [1.165, 1.54) is 0 Å². The standard InChI is InChI=1S/C5H9FN4/c1-2-3-4-5(6)7-9-10-8-5/h2-4H2,1H3. The van der Waals surface area contributed by atoms with Crippen LogP contribution < -0.4 is 0 Å². The molecular weight excluding hydrogens is 135 g/mol. The van der Waals surface area contributed by atoms with Gasteiger partial charge in [-0.3, -0.25) is 0 Å². The second kappa shape index (κ2) is 2.81. The van der Waals surface area contributed by atoms with Crippen LogP contribution in [-0.2, 0) is 0 Å². The molecule has 1 heterocycles. The van der Waals surface area contributed by atoms with Crippen LogP contribution in [0.3, 0.4) is 0 Å². The highest BCUT2D eigenvalue weighted by atomic mass is 19.1. The smallest absolute Gasteiger partial charge is 0.187 e. The summed E-state index contributed by atoms with van der Waals surface area (Å²) in [7, 11) is 0. The molecule has 0 bridgehead atoms. The van der Waals surface area contributed by atoms with E-state index in [2.05, 4.69) is 20.7 Å². The first kappa shape index (κ1) is 7.24. The summed E-state index contributed by atoms with van der Waals surface area (Å²) < 4.78 is 13.0. The molecule has 0 N–H and O–H groups in total. The number of alkyl halides is 1. The Balaban J connectivity index is 2.38. The van der Waals surface area contributed by atoms with Gasteiger partial charge in [0.15, 0.2) is 0 Å². The minimum absolute atomic E-state index is 0.288. The van der Waals surface area contributed by atoms with Crippen LogP contribution in [0.15, 0.2) is 20.7 Å². The highest BCUT2D eigenvalue weighted by Gasteiger charge is 2.30. The zero-order valence-corrected chi connectivity index (χ0v) is 5.79. The van der Waals surface area contributed by atoms with Crippen LogP contribution in [0.25, 0.3) is 0 Å². The maximum atomic E-state index is 13.0. The summed E-state index contributed by atoms with van der Waals surface area (Å²) >= 11 is 0. The van der Waals surface area contributed by atoms with Crippen molar-refractivity contribution in [2.24, 2.45) is 20.7 Å². The predicted molar refractivity (Wildman–Crippen MR) is 33.1 cm³/mol. The minimum Gasteiger partial charge on any atom is -0.187 e. The van der Waals surface area contributed by atoms with Gasteiger partial charge in [-0.15, -0.1) is 10.2 Å². The van der Waals surface area contributed by atoms with Crippen LogP contribution in [0.5, 0.6) is 0 Å². The van der Waals surface area contributed by atoms with Crippen molar-refractivity contribution in [3.05, 3.63) is 0 Å². The molecule has 4 nitrogen and oxygen atoms in total. The number of rotatable bonds is 3. The summed E-state index contributed by atoms with van der Waals surface area (Å²) in [5.41, 5.74) is 0. The monoisotopic (exact) mass is 144 g/mol.